The summed E-state index contributed by atoms with van der Waals surface area (Å²) in [6.45, 7) is 8.44. The Hall–Kier alpha value is -2.33. The predicted octanol–water partition coefficient (Wildman–Crippen LogP) is 2.82. The molecule has 0 spiro atoms. The Balaban J connectivity index is 1.48. The zero-order valence-corrected chi connectivity index (χ0v) is 15.1. The van der Waals surface area contributed by atoms with Crippen molar-refractivity contribution in [2.45, 2.75) is 26.4 Å². The molecule has 1 aliphatic rings. The van der Waals surface area contributed by atoms with Crippen molar-refractivity contribution in [1.82, 2.24) is 10.2 Å². The molecule has 0 unspecified atom stereocenters. The highest BCUT2D eigenvalue weighted by Crippen LogP contribution is 2.18. The van der Waals surface area contributed by atoms with E-state index in [9.17, 15) is 4.79 Å². The van der Waals surface area contributed by atoms with Crippen molar-refractivity contribution in [3.63, 3.8) is 0 Å². The Labute approximate surface area is 150 Å². The van der Waals surface area contributed by atoms with E-state index < -0.39 is 0 Å². The first kappa shape index (κ1) is 17.5. The summed E-state index contributed by atoms with van der Waals surface area (Å²) < 4.78 is 0. The molecule has 1 saturated heterocycles. The molecule has 0 radical (unpaired) electrons. The van der Waals surface area contributed by atoms with Crippen LogP contribution in [0.3, 0.4) is 0 Å². The number of carbonyl (C=O) groups excluding carboxylic acids is 1. The minimum Gasteiger partial charge on any atom is -0.369 e. The average molecular weight is 337 g/mol. The van der Waals surface area contributed by atoms with Gasteiger partial charge in [0.25, 0.3) is 0 Å². The third kappa shape index (κ3) is 4.60. The average Bonchev–Trinajstić information content (AvgIpc) is 2.67. The number of anilines is 1. The van der Waals surface area contributed by atoms with Gasteiger partial charge < -0.3 is 10.2 Å². The van der Waals surface area contributed by atoms with Crippen LogP contribution in [0.15, 0.2) is 54.6 Å². The van der Waals surface area contributed by atoms with Crippen LogP contribution >= 0.6 is 0 Å². The maximum absolute atomic E-state index is 12.4. The molecule has 4 heteroatoms. The van der Waals surface area contributed by atoms with Crippen molar-refractivity contribution in [3.8, 4) is 0 Å². The lowest BCUT2D eigenvalue weighted by Crippen LogP contribution is -2.53. The van der Waals surface area contributed by atoms with Gasteiger partial charge in [0, 0.05) is 38.4 Å². The third-order valence-corrected chi connectivity index (χ3v) is 4.95. The number of piperazine rings is 1. The normalized spacial score (nSPS) is 16.5. The standard InChI is InChI=1S/C21H27N3O/c1-17-8-10-20(11-9-17)24-14-12-23(13-15-24)18(2)21(25)22-16-19-6-4-3-5-7-19/h3-11,18H,12-16H2,1-2H3,(H,22,25)/t18-/m0/s1. The molecule has 0 bridgehead atoms. The number of hydrogen-bond donors (Lipinski definition) is 1. The molecule has 0 aliphatic carbocycles. The monoisotopic (exact) mass is 337 g/mol. The van der Waals surface area contributed by atoms with Crippen LogP contribution in [0.25, 0.3) is 0 Å². The molecule has 4 nitrogen and oxygen atoms in total. The van der Waals surface area contributed by atoms with Gasteiger partial charge in [-0.2, -0.15) is 0 Å². The quantitative estimate of drug-likeness (QED) is 0.911. The first-order valence-corrected chi connectivity index (χ1v) is 9.01. The van der Waals surface area contributed by atoms with Crippen molar-refractivity contribution in [1.29, 1.82) is 0 Å². The van der Waals surface area contributed by atoms with E-state index in [0.29, 0.717) is 6.54 Å². The largest absolute Gasteiger partial charge is 0.369 e. The smallest absolute Gasteiger partial charge is 0.237 e. The fourth-order valence-electron chi connectivity index (χ4n) is 3.22. The summed E-state index contributed by atoms with van der Waals surface area (Å²) in [5.74, 6) is 0.104. The molecule has 3 rings (SSSR count). The molecule has 25 heavy (non-hydrogen) atoms. The summed E-state index contributed by atoms with van der Waals surface area (Å²) in [5, 5.41) is 3.05. The minimum atomic E-state index is -0.0936. The van der Waals surface area contributed by atoms with Crippen LogP contribution in [-0.4, -0.2) is 43.0 Å². The molecular weight excluding hydrogens is 310 g/mol. The van der Waals surface area contributed by atoms with Crippen molar-refractivity contribution < 1.29 is 4.79 Å². The van der Waals surface area contributed by atoms with Gasteiger partial charge in [-0.25, -0.2) is 0 Å². The highest BCUT2D eigenvalue weighted by atomic mass is 16.2. The predicted molar refractivity (Wildman–Crippen MR) is 103 cm³/mol. The number of rotatable bonds is 5. The lowest BCUT2D eigenvalue weighted by Gasteiger charge is -2.38. The first-order valence-electron chi connectivity index (χ1n) is 9.01. The third-order valence-electron chi connectivity index (χ3n) is 4.95. The zero-order chi connectivity index (χ0) is 17.6. The van der Waals surface area contributed by atoms with E-state index in [-0.39, 0.29) is 11.9 Å². The molecule has 1 amide bonds. The summed E-state index contributed by atoms with van der Waals surface area (Å²) in [7, 11) is 0. The van der Waals surface area contributed by atoms with Gasteiger partial charge in [-0.3, -0.25) is 9.69 Å². The fourth-order valence-corrected chi connectivity index (χ4v) is 3.22. The summed E-state index contributed by atoms with van der Waals surface area (Å²) in [6.07, 6.45) is 0. The number of carbonyl (C=O) groups is 1. The van der Waals surface area contributed by atoms with Gasteiger partial charge in [0.2, 0.25) is 5.91 Å². The number of hydrogen-bond acceptors (Lipinski definition) is 3. The second-order valence-electron chi connectivity index (χ2n) is 6.74. The van der Waals surface area contributed by atoms with Crippen molar-refractivity contribution in [2.75, 3.05) is 31.1 Å². The molecule has 1 N–H and O–H groups in total. The molecule has 1 heterocycles. The van der Waals surface area contributed by atoms with Gasteiger partial charge in [0.15, 0.2) is 0 Å². The van der Waals surface area contributed by atoms with Crippen LogP contribution in [0.5, 0.6) is 0 Å². The Bertz CT molecular complexity index is 676. The van der Waals surface area contributed by atoms with E-state index in [1.807, 2.05) is 37.3 Å². The van der Waals surface area contributed by atoms with Crippen LogP contribution in [0.1, 0.15) is 18.1 Å². The van der Waals surface area contributed by atoms with E-state index in [1.54, 1.807) is 0 Å². The first-order chi connectivity index (χ1) is 12.1. The van der Waals surface area contributed by atoms with Crippen molar-refractivity contribution >= 4 is 11.6 Å². The molecule has 1 atom stereocenters. The van der Waals surface area contributed by atoms with Gasteiger partial charge >= 0.3 is 0 Å². The Kier molecular flexibility index (Phi) is 5.71. The minimum absolute atomic E-state index is 0.0936. The Morgan fingerprint density at radius 3 is 2.28 bits per heavy atom. The molecule has 2 aromatic carbocycles. The van der Waals surface area contributed by atoms with Crippen LogP contribution in [0.4, 0.5) is 5.69 Å². The number of aryl methyl sites for hydroxylation is 1. The lowest BCUT2D eigenvalue weighted by molar-refractivity contribution is -0.126. The molecule has 1 aliphatic heterocycles. The van der Waals surface area contributed by atoms with Crippen molar-refractivity contribution in [2.24, 2.45) is 0 Å². The molecular formula is C21H27N3O. The van der Waals surface area contributed by atoms with Crippen molar-refractivity contribution in [3.05, 3.63) is 65.7 Å². The lowest BCUT2D eigenvalue weighted by atomic mass is 10.1. The van der Waals surface area contributed by atoms with Crippen LogP contribution in [0, 0.1) is 6.92 Å². The fraction of sp³-hybridized carbons (Fsp3) is 0.381. The number of benzene rings is 2. The van der Waals surface area contributed by atoms with Gasteiger partial charge in [-0.1, -0.05) is 48.0 Å². The Morgan fingerprint density at radius 1 is 1.00 bits per heavy atom. The highest BCUT2D eigenvalue weighted by Gasteiger charge is 2.25. The second-order valence-corrected chi connectivity index (χ2v) is 6.74. The summed E-state index contributed by atoms with van der Waals surface area (Å²) in [6, 6.07) is 18.6. The van der Waals surface area contributed by atoms with Gasteiger partial charge in [-0.15, -0.1) is 0 Å². The zero-order valence-electron chi connectivity index (χ0n) is 15.1. The van der Waals surface area contributed by atoms with Gasteiger partial charge in [0.1, 0.15) is 0 Å². The van der Waals surface area contributed by atoms with Gasteiger partial charge in [-0.05, 0) is 31.5 Å². The molecule has 132 valence electrons. The van der Waals surface area contributed by atoms with Crippen LogP contribution in [0.2, 0.25) is 0 Å². The van der Waals surface area contributed by atoms with E-state index in [2.05, 4.69) is 46.3 Å². The van der Waals surface area contributed by atoms with Gasteiger partial charge in [0.05, 0.1) is 6.04 Å². The number of nitrogens with zero attached hydrogens (tertiary/aromatic N) is 2. The summed E-state index contributed by atoms with van der Waals surface area (Å²) in [5.41, 5.74) is 3.68. The van der Waals surface area contributed by atoms with E-state index in [4.69, 9.17) is 0 Å². The van der Waals surface area contributed by atoms with Crippen LogP contribution < -0.4 is 10.2 Å². The molecule has 0 aromatic heterocycles. The maximum Gasteiger partial charge on any atom is 0.237 e. The van der Waals surface area contributed by atoms with E-state index in [0.717, 1.165) is 31.7 Å². The maximum atomic E-state index is 12.4. The van der Waals surface area contributed by atoms with Crippen LogP contribution in [-0.2, 0) is 11.3 Å². The second kappa shape index (κ2) is 8.17. The number of nitrogens with one attached hydrogen (secondary N) is 1. The summed E-state index contributed by atoms with van der Waals surface area (Å²) >= 11 is 0. The highest BCUT2D eigenvalue weighted by molar-refractivity contribution is 5.81. The summed E-state index contributed by atoms with van der Waals surface area (Å²) in [4.78, 5) is 17.1. The van der Waals surface area contributed by atoms with E-state index >= 15 is 0 Å². The molecule has 1 fully saturated rings. The topological polar surface area (TPSA) is 35.6 Å². The van der Waals surface area contributed by atoms with E-state index in [1.165, 1.54) is 11.3 Å². The number of amides is 1. The Morgan fingerprint density at radius 2 is 1.64 bits per heavy atom. The SMILES string of the molecule is Cc1ccc(N2CCN([C@@H](C)C(=O)NCc3ccccc3)CC2)cc1. The molecule has 2 aromatic rings. The molecule has 0 saturated carbocycles.